The highest BCUT2D eigenvalue weighted by molar-refractivity contribution is 7.12. The molecule has 0 aliphatic carbocycles. The van der Waals surface area contributed by atoms with Gasteiger partial charge in [0.15, 0.2) is 6.29 Å². The predicted molar refractivity (Wildman–Crippen MR) is 99.2 cm³/mol. The number of aldehydes is 1. The van der Waals surface area contributed by atoms with Crippen LogP contribution >= 0.6 is 11.3 Å². The lowest BCUT2D eigenvalue weighted by Crippen LogP contribution is -2.45. The average molecular weight is 356 g/mol. The molecule has 1 spiro atoms. The number of fused-ring (bicyclic) bond motifs is 2. The second kappa shape index (κ2) is 6.98. The first-order valence-corrected chi connectivity index (χ1v) is 9.92. The Hall–Kier alpha value is -1.56. The van der Waals surface area contributed by atoms with Gasteiger partial charge in [-0.25, -0.2) is 0 Å². The number of ether oxygens (including phenoxy) is 1. The molecule has 4 nitrogen and oxygen atoms in total. The number of carbonyl (C=O) groups excluding carboxylic acids is 1. The lowest BCUT2D eigenvalue weighted by Gasteiger charge is -2.44. The molecule has 0 bridgehead atoms. The van der Waals surface area contributed by atoms with E-state index in [0.717, 1.165) is 63.8 Å². The van der Waals surface area contributed by atoms with Crippen molar-refractivity contribution in [2.45, 2.75) is 44.8 Å². The highest BCUT2D eigenvalue weighted by Crippen LogP contribution is 2.44. The SMILES string of the molecule is CCc1cc2c(s1)CCOC21CCN(Cc2ccc(C=O)nc2)CC1. The third kappa shape index (κ3) is 3.28. The third-order valence-corrected chi connectivity index (χ3v) is 6.78. The second-order valence-corrected chi connectivity index (χ2v) is 8.20. The summed E-state index contributed by atoms with van der Waals surface area (Å²) in [6, 6.07) is 6.20. The van der Waals surface area contributed by atoms with Crippen LogP contribution in [0, 0.1) is 0 Å². The maximum Gasteiger partial charge on any atom is 0.168 e. The minimum absolute atomic E-state index is 0.0619. The van der Waals surface area contributed by atoms with Crippen molar-refractivity contribution in [1.29, 1.82) is 0 Å². The van der Waals surface area contributed by atoms with Gasteiger partial charge in [-0.3, -0.25) is 14.7 Å². The molecule has 0 radical (unpaired) electrons. The molecule has 1 fully saturated rings. The van der Waals surface area contributed by atoms with E-state index in [-0.39, 0.29) is 5.60 Å². The highest BCUT2D eigenvalue weighted by Gasteiger charge is 2.41. The van der Waals surface area contributed by atoms with Crippen molar-refractivity contribution in [1.82, 2.24) is 9.88 Å². The molecule has 0 atom stereocenters. The van der Waals surface area contributed by atoms with Crippen molar-refractivity contribution >= 4 is 17.6 Å². The largest absolute Gasteiger partial charge is 0.370 e. The number of rotatable bonds is 4. The molecule has 25 heavy (non-hydrogen) atoms. The summed E-state index contributed by atoms with van der Waals surface area (Å²) >= 11 is 1.98. The van der Waals surface area contributed by atoms with Crippen LogP contribution in [0.25, 0.3) is 0 Å². The van der Waals surface area contributed by atoms with E-state index in [0.29, 0.717) is 5.69 Å². The third-order valence-electron chi connectivity index (χ3n) is 5.45. The number of likely N-dealkylation sites (tertiary alicyclic amines) is 1. The van der Waals surface area contributed by atoms with E-state index in [1.54, 1.807) is 10.9 Å². The van der Waals surface area contributed by atoms with Crippen LogP contribution in [-0.4, -0.2) is 35.9 Å². The van der Waals surface area contributed by atoms with Gasteiger partial charge in [-0.2, -0.15) is 0 Å². The minimum Gasteiger partial charge on any atom is -0.370 e. The van der Waals surface area contributed by atoms with Crippen LogP contribution in [-0.2, 0) is 29.7 Å². The average Bonchev–Trinajstić information content (AvgIpc) is 3.09. The van der Waals surface area contributed by atoms with Crippen molar-refractivity contribution in [3.05, 3.63) is 51.0 Å². The fourth-order valence-electron chi connectivity index (χ4n) is 3.99. The van der Waals surface area contributed by atoms with Crippen LogP contribution in [0.5, 0.6) is 0 Å². The first-order chi connectivity index (χ1) is 12.2. The predicted octanol–water partition coefficient (Wildman–Crippen LogP) is 3.58. The van der Waals surface area contributed by atoms with E-state index in [1.807, 2.05) is 23.6 Å². The molecule has 0 unspecified atom stereocenters. The first-order valence-electron chi connectivity index (χ1n) is 9.11. The molecular formula is C20H24N2O2S. The summed E-state index contributed by atoms with van der Waals surface area (Å²) in [7, 11) is 0. The lowest BCUT2D eigenvalue weighted by atomic mass is 9.82. The Morgan fingerprint density at radius 3 is 2.88 bits per heavy atom. The van der Waals surface area contributed by atoms with Gasteiger partial charge in [0.25, 0.3) is 0 Å². The highest BCUT2D eigenvalue weighted by atomic mass is 32.1. The number of hydrogen-bond donors (Lipinski definition) is 0. The Kier molecular flexibility index (Phi) is 4.71. The molecule has 5 heteroatoms. The van der Waals surface area contributed by atoms with E-state index in [4.69, 9.17) is 4.74 Å². The zero-order valence-electron chi connectivity index (χ0n) is 14.7. The number of nitrogens with zero attached hydrogens (tertiary/aromatic N) is 2. The quantitative estimate of drug-likeness (QED) is 0.785. The molecule has 0 N–H and O–H groups in total. The van der Waals surface area contributed by atoms with Crippen molar-refractivity contribution in [3.8, 4) is 0 Å². The fourth-order valence-corrected chi connectivity index (χ4v) is 5.17. The Balaban J connectivity index is 1.44. The number of thiophene rings is 1. The Morgan fingerprint density at radius 2 is 2.20 bits per heavy atom. The van der Waals surface area contributed by atoms with E-state index < -0.39 is 0 Å². The number of aromatic nitrogens is 1. The maximum absolute atomic E-state index is 10.7. The molecule has 2 aliphatic rings. The van der Waals surface area contributed by atoms with Crippen molar-refractivity contribution in [3.63, 3.8) is 0 Å². The molecule has 0 amide bonds. The molecule has 2 aromatic rings. The zero-order chi connectivity index (χ0) is 17.3. The topological polar surface area (TPSA) is 42.4 Å². The van der Waals surface area contributed by atoms with Crippen LogP contribution in [0.15, 0.2) is 24.4 Å². The smallest absolute Gasteiger partial charge is 0.168 e. The second-order valence-electron chi connectivity index (χ2n) is 6.98. The summed E-state index contributed by atoms with van der Waals surface area (Å²) in [5.41, 5.74) is 3.06. The van der Waals surface area contributed by atoms with Gasteiger partial charge in [-0.1, -0.05) is 13.0 Å². The summed E-state index contributed by atoms with van der Waals surface area (Å²) in [6.45, 7) is 6.04. The summed E-state index contributed by atoms with van der Waals surface area (Å²) in [4.78, 5) is 20.4. The van der Waals surface area contributed by atoms with E-state index in [1.165, 1.54) is 10.4 Å². The van der Waals surface area contributed by atoms with E-state index >= 15 is 0 Å². The van der Waals surface area contributed by atoms with Gasteiger partial charge in [0, 0.05) is 42.0 Å². The monoisotopic (exact) mass is 356 g/mol. The lowest BCUT2D eigenvalue weighted by molar-refractivity contribution is -0.0981. The van der Waals surface area contributed by atoms with Gasteiger partial charge >= 0.3 is 0 Å². The Morgan fingerprint density at radius 1 is 1.36 bits per heavy atom. The van der Waals surface area contributed by atoms with Gasteiger partial charge in [0.1, 0.15) is 5.69 Å². The number of piperidine rings is 1. The van der Waals surface area contributed by atoms with Gasteiger partial charge in [0.05, 0.1) is 12.2 Å². The van der Waals surface area contributed by atoms with Crippen LogP contribution < -0.4 is 0 Å². The van der Waals surface area contributed by atoms with Crippen molar-refractivity contribution in [2.75, 3.05) is 19.7 Å². The van der Waals surface area contributed by atoms with Crippen LogP contribution in [0.3, 0.4) is 0 Å². The zero-order valence-corrected chi connectivity index (χ0v) is 15.5. The fraction of sp³-hybridized carbons (Fsp3) is 0.500. The van der Waals surface area contributed by atoms with Crippen LogP contribution in [0.1, 0.15) is 51.1 Å². The molecule has 2 aromatic heterocycles. The van der Waals surface area contributed by atoms with Gasteiger partial charge in [0.2, 0.25) is 0 Å². The molecule has 4 heterocycles. The van der Waals surface area contributed by atoms with Crippen molar-refractivity contribution < 1.29 is 9.53 Å². The minimum atomic E-state index is -0.0619. The molecule has 0 saturated carbocycles. The summed E-state index contributed by atoms with van der Waals surface area (Å²) in [5.74, 6) is 0. The molecule has 0 aromatic carbocycles. The summed E-state index contributed by atoms with van der Waals surface area (Å²) < 4.78 is 6.35. The number of pyridine rings is 1. The normalized spacial score (nSPS) is 19.7. The van der Waals surface area contributed by atoms with Crippen LogP contribution in [0.4, 0.5) is 0 Å². The number of carbonyl (C=O) groups is 1. The maximum atomic E-state index is 10.7. The van der Waals surface area contributed by atoms with Crippen molar-refractivity contribution in [2.24, 2.45) is 0 Å². The van der Waals surface area contributed by atoms with E-state index in [9.17, 15) is 4.79 Å². The standard InChI is InChI=1S/C20H24N2O2S/c1-2-17-11-18-19(25-17)5-10-24-20(18)6-8-22(9-7-20)13-15-3-4-16(14-23)21-12-15/h3-4,11-12,14H,2,5-10,13H2,1H3. The van der Waals surface area contributed by atoms with E-state index in [2.05, 4.69) is 22.9 Å². The first kappa shape index (κ1) is 16.9. The summed E-state index contributed by atoms with van der Waals surface area (Å²) in [6.07, 6.45) is 6.90. The molecular weight excluding hydrogens is 332 g/mol. The van der Waals surface area contributed by atoms with Gasteiger partial charge in [-0.15, -0.1) is 11.3 Å². The summed E-state index contributed by atoms with van der Waals surface area (Å²) in [5, 5.41) is 0. The number of aryl methyl sites for hydroxylation is 1. The Bertz CT molecular complexity index is 746. The molecule has 132 valence electrons. The van der Waals surface area contributed by atoms with Gasteiger partial charge < -0.3 is 4.74 Å². The molecule has 4 rings (SSSR count). The number of hydrogen-bond acceptors (Lipinski definition) is 5. The molecule has 1 saturated heterocycles. The van der Waals surface area contributed by atoms with Crippen LogP contribution in [0.2, 0.25) is 0 Å². The van der Waals surface area contributed by atoms with Gasteiger partial charge in [-0.05, 0) is 42.5 Å². The Labute approximate surface area is 152 Å². The molecule has 2 aliphatic heterocycles.